The second-order valence-electron chi connectivity index (χ2n) is 5.22. The number of amides is 1. The Balaban J connectivity index is 1.67. The number of halogens is 2. The van der Waals surface area contributed by atoms with Crippen molar-refractivity contribution in [2.75, 3.05) is 36.8 Å². The van der Waals surface area contributed by atoms with Crippen LogP contribution in [0.15, 0.2) is 30.3 Å². The highest BCUT2D eigenvalue weighted by atomic mass is 19.1. The van der Waals surface area contributed by atoms with Crippen LogP contribution in [-0.4, -0.2) is 47.2 Å². The van der Waals surface area contributed by atoms with E-state index >= 15 is 0 Å². The molecule has 2 aromatic rings. The minimum Gasteiger partial charge on any atom is -0.382 e. The molecule has 0 radical (unpaired) electrons. The second kappa shape index (κ2) is 6.15. The third-order valence-corrected chi connectivity index (χ3v) is 3.72. The van der Waals surface area contributed by atoms with E-state index in [0.29, 0.717) is 37.8 Å². The van der Waals surface area contributed by atoms with Crippen molar-refractivity contribution in [1.29, 1.82) is 0 Å². The number of hydrogen-bond acceptors (Lipinski definition) is 5. The van der Waals surface area contributed by atoms with Crippen molar-refractivity contribution in [3.05, 3.63) is 47.5 Å². The van der Waals surface area contributed by atoms with Gasteiger partial charge in [-0.3, -0.25) is 4.79 Å². The Morgan fingerprint density at radius 2 is 1.78 bits per heavy atom. The lowest BCUT2D eigenvalue weighted by Crippen LogP contribution is -2.49. The zero-order valence-electron chi connectivity index (χ0n) is 12.2. The van der Waals surface area contributed by atoms with Crippen molar-refractivity contribution in [3.8, 4) is 0 Å². The van der Waals surface area contributed by atoms with E-state index in [-0.39, 0.29) is 5.56 Å². The zero-order chi connectivity index (χ0) is 16.4. The van der Waals surface area contributed by atoms with Crippen LogP contribution in [0.25, 0.3) is 0 Å². The largest absolute Gasteiger partial charge is 0.382 e. The predicted molar refractivity (Wildman–Crippen MR) is 80.9 cm³/mol. The molecule has 2 heterocycles. The molecule has 0 bridgehead atoms. The van der Waals surface area contributed by atoms with Crippen LogP contribution in [0.2, 0.25) is 0 Å². The van der Waals surface area contributed by atoms with Crippen molar-refractivity contribution in [3.63, 3.8) is 0 Å². The standard InChI is InChI=1S/C15H15F2N5O/c16-10-1-2-12(17)11(9-10)15(23)22-7-5-21(6-8-22)14-4-3-13(18)19-20-14/h1-4,9H,5-8H2,(H2,18,19). The summed E-state index contributed by atoms with van der Waals surface area (Å²) < 4.78 is 26.9. The average Bonchev–Trinajstić information content (AvgIpc) is 2.57. The Morgan fingerprint density at radius 3 is 2.43 bits per heavy atom. The lowest BCUT2D eigenvalue weighted by atomic mass is 10.1. The fraction of sp³-hybridized carbons (Fsp3) is 0.267. The molecule has 8 heteroatoms. The summed E-state index contributed by atoms with van der Waals surface area (Å²) in [5.74, 6) is -0.855. The van der Waals surface area contributed by atoms with Crippen LogP contribution in [0.4, 0.5) is 20.4 Å². The van der Waals surface area contributed by atoms with Gasteiger partial charge in [-0.05, 0) is 30.3 Å². The number of benzene rings is 1. The first-order chi connectivity index (χ1) is 11.0. The van der Waals surface area contributed by atoms with Gasteiger partial charge in [0.1, 0.15) is 17.5 Å². The van der Waals surface area contributed by atoms with Crippen LogP contribution < -0.4 is 10.6 Å². The maximum Gasteiger partial charge on any atom is 0.257 e. The lowest BCUT2D eigenvalue weighted by molar-refractivity contribution is 0.0741. The van der Waals surface area contributed by atoms with E-state index in [4.69, 9.17) is 5.73 Å². The predicted octanol–water partition coefficient (Wildman–Crippen LogP) is 1.30. The summed E-state index contributed by atoms with van der Waals surface area (Å²) in [4.78, 5) is 15.8. The molecule has 1 aromatic heterocycles. The Labute approximate surface area is 131 Å². The summed E-state index contributed by atoms with van der Waals surface area (Å²) in [6, 6.07) is 6.29. The fourth-order valence-corrected chi connectivity index (χ4v) is 2.47. The number of piperazine rings is 1. The molecule has 23 heavy (non-hydrogen) atoms. The molecule has 120 valence electrons. The highest BCUT2D eigenvalue weighted by Gasteiger charge is 2.25. The Morgan fingerprint density at radius 1 is 1.04 bits per heavy atom. The lowest BCUT2D eigenvalue weighted by Gasteiger charge is -2.35. The zero-order valence-corrected chi connectivity index (χ0v) is 12.2. The molecule has 0 unspecified atom stereocenters. The third-order valence-electron chi connectivity index (χ3n) is 3.72. The highest BCUT2D eigenvalue weighted by Crippen LogP contribution is 2.17. The normalized spacial score (nSPS) is 14.9. The van der Waals surface area contributed by atoms with Crippen LogP contribution in [0.5, 0.6) is 0 Å². The topological polar surface area (TPSA) is 75.3 Å². The SMILES string of the molecule is Nc1ccc(N2CCN(C(=O)c3cc(F)ccc3F)CC2)nn1. The van der Waals surface area contributed by atoms with E-state index < -0.39 is 17.5 Å². The van der Waals surface area contributed by atoms with E-state index in [1.807, 2.05) is 4.90 Å². The van der Waals surface area contributed by atoms with Gasteiger partial charge in [0.05, 0.1) is 5.56 Å². The summed E-state index contributed by atoms with van der Waals surface area (Å²) in [5, 5.41) is 7.79. The van der Waals surface area contributed by atoms with Crippen molar-refractivity contribution in [2.45, 2.75) is 0 Å². The van der Waals surface area contributed by atoms with Crippen molar-refractivity contribution >= 4 is 17.5 Å². The van der Waals surface area contributed by atoms with E-state index in [1.165, 1.54) is 4.90 Å². The number of rotatable bonds is 2. The number of carbonyl (C=O) groups excluding carboxylic acids is 1. The first kappa shape index (κ1) is 15.1. The van der Waals surface area contributed by atoms with Gasteiger partial charge in [0.2, 0.25) is 0 Å². The minimum atomic E-state index is -0.719. The van der Waals surface area contributed by atoms with Crippen LogP contribution in [0.1, 0.15) is 10.4 Å². The molecule has 1 amide bonds. The maximum absolute atomic E-state index is 13.7. The van der Waals surface area contributed by atoms with Crippen LogP contribution in [0.3, 0.4) is 0 Å². The van der Waals surface area contributed by atoms with Crippen molar-refractivity contribution in [1.82, 2.24) is 15.1 Å². The van der Waals surface area contributed by atoms with Crippen molar-refractivity contribution in [2.24, 2.45) is 0 Å². The molecule has 2 N–H and O–H groups in total. The summed E-state index contributed by atoms with van der Waals surface area (Å²) in [6.45, 7) is 1.84. The minimum absolute atomic E-state index is 0.245. The van der Waals surface area contributed by atoms with Crippen LogP contribution in [-0.2, 0) is 0 Å². The summed E-state index contributed by atoms with van der Waals surface area (Å²) in [6.07, 6.45) is 0. The number of nitrogens with two attached hydrogens (primary N) is 1. The van der Waals surface area contributed by atoms with E-state index in [2.05, 4.69) is 10.2 Å². The van der Waals surface area contributed by atoms with Gasteiger partial charge in [-0.2, -0.15) is 0 Å². The molecule has 1 saturated heterocycles. The van der Waals surface area contributed by atoms with E-state index in [0.717, 1.165) is 18.2 Å². The molecular formula is C15H15F2N5O. The maximum atomic E-state index is 13.7. The Hall–Kier alpha value is -2.77. The Kier molecular flexibility index (Phi) is 4.05. The van der Waals surface area contributed by atoms with Gasteiger partial charge < -0.3 is 15.5 Å². The summed E-state index contributed by atoms with van der Waals surface area (Å²) in [7, 11) is 0. The molecule has 6 nitrogen and oxygen atoms in total. The quantitative estimate of drug-likeness (QED) is 0.903. The highest BCUT2D eigenvalue weighted by molar-refractivity contribution is 5.94. The molecular weight excluding hydrogens is 304 g/mol. The molecule has 0 aliphatic carbocycles. The monoisotopic (exact) mass is 319 g/mol. The van der Waals surface area contributed by atoms with Gasteiger partial charge in [0.25, 0.3) is 5.91 Å². The van der Waals surface area contributed by atoms with Gasteiger partial charge in [0.15, 0.2) is 5.82 Å². The van der Waals surface area contributed by atoms with E-state index in [9.17, 15) is 13.6 Å². The average molecular weight is 319 g/mol. The van der Waals surface area contributed by atoms with E-state index in [1.54, 1.807) is 12.1 Å². The second-order valence-corrected chi connectivity index (χ2v) is 5.22. The number of aromatic nitrogens is 2. The number of carbonyl (C=O) groups is 1. The van der Waals surface area contributed by atoms with Crippen LogP contribution >= 0.6 is 0 Å². The van der Waals surface area contributed by atoms with Gasteiger partial charge in [-0.1, -0.05) is 0 Å². The first-order valence-corrected chi connectivity index (χ1v) is 7.13. The number of hydrogen-bond donors (Lipinski definition) is 1. The summed E-state index contributed by atoms with van der Waals surface area (Å²) >= 11 is 0. The van der Waals surface area contributed by atoms with Crippen molar-refractivity contribution < 1.29 is 13.6 Å². The van der Waals surface area contributed by atoms with Gasteiger partial charge in [0, 0.05) is 26.2 Å². The molecule has 0 saturated carbocycles. The molecule has 0 spiro atoms. The van der Waals surface area contributed by atoms with Gasteiger partial charge >= 0.3 is 0 Å². The van der Waals surface area contributed by atoms with Gasteiger partial charge in [-0.25, -0.2) is 8.78 Å². The fourth-order valence-electron chi connectivity index (χ4n) is 2.47. The molecule has 3 rings (SSSR count). The number of anilines is 2. The first-order valence-electron chi connectivity index (χ1n) is 7.13. The molecule has 1 aromatic carbocycles. The van der Waals surface area contributed by atoms with Crippen LogP contribution in [0, 0.1) is 11.6 Å². The molecule has 1 aliphatic heterocycles. The smallest absolute Gasteiger partial charge is 0.257 e. The van der Waals surface area contributed by atoms with Gasteiger partial charge in [-0.15, -0.1) is 10.2 Å². The third kappa shape index (κ3) is 3.20. The Bertz CT molecular complexity index is 714. The molecule has 1 aliphatic rings. The molecule has 0 atom stereocenters. The number of nitrogens with zero attached hydrogens (tertiary/aromatic N) is 4. The number of nitrogen functional groups attached to an aromatic ring is 1. The molecule has 1 fully saturated rings. The summed E-state index contributed by atoms with van der Waals surface area (Å²) in [5.41, 5.74) is 5.25.